The van der Waals surface area contributed by atoms with E-state index in [2.05, 4.69) is 19.2 Å². The summed E-state index contributed by atoms with van der Waals surface area (Å²) in [5.41, 5.74) is 0. The SMILES string of the molecule is CC(C)CCCCCCCOC(=O)CCCCCCCNCCCO. The van der Waals surface area contributed by atoms with Crippen molar-refractivity contribution in [2.45, 2.75) is 97.3 Å². The zero-order valence-corrected chi connectivity index (χ0v) is 16.9. The van der Waals surface area contributed by atoms with Crippen LogP contribution in [0.5, 0.6) is 0 Å². The Hall–Kier alpha value is -0.610. The maximum atomic E-state index is 11.6. The number of hydrogen-bond donors (Lipinski definition) is 2. The van der Waals surface area contributed by atoms with Crippen LogP contribution < -0.4 is 5.32 Å². The number of rotatable bonds is 19. The highest BCUT2D eigenvalue weighted by molar-refractivity contribution is 5.69. The predicted octanol–water partition coefficient (Wildman–Crippen LogP) is 4.84. The average Bonchev–Trinajstić information content (AvgIpc) is 2.58. The van der Waals surface area contributed by atoms with E-state index >= 15 is 0 Å². The minimum absolute atomic E-state index is 0.0227. The van der Waals surface area contributed by atoms with E-state index < -0.39 is 0 Å². The first-order valence-electron chi connectivity index (χ1n) is 10.6. The highest BCUT2D eigenvalue weighted by Gasteiger charge is 2.02. The van der Waals surface area contributed by atoms with Gasteiger partial charge in [0.05, 0.1) is 6.61 Å². The summed E-state index contributed by atoms with van der Waals surface area (Å²) in [6.45, 7) is 7.35. The van der Waals surface area contributed by atoms with Gasteiger partial charge in [-0.1, -0.05) is 65.2 Å². The van der Waals surface area contributed by atoms with Gasteiger partial charge in [-0.2, -0.15) is 0 Å². The van der Waals surface area contributed by atoms with Gasteiger partial charge in [-0.3, -0.25) is 4.79 Å². The van der Waals surface area contributed by atoms with Gasteiger partial charge in [0.1, 0.15) is 0 Å². The van der Waals surface area contributed by atoms with Gasteiger partial charge in [-0.05, 0) is 44.7 Å². The van der Waals surface area contributed by atoms with E-state index in [0.29, 0.717) is 13.0 Å². The van der Waals surface area contributed by atoms with Crippen LogP contribution in [0.4, 0.5) is 0 Å². The highest BCUT2D eigenvalue weighted by atomic mass is 16.5. The summed E-state index contributed by atoms with van der Waals surface area (Å²) in [4.78, 5) is 11.6. The van der Waals surface area contributed by atoms with Crippen LogP contribution in [-0.2, 0) is 9.53 Å². The first kappa shape index (κ1) is 24.4. The fourth-order valence-corrected chi connectivity index (χ4v) is 2.82. The second-order valence-electron chi connectivity index (χ2n) is 7.52. The van der Waals surface area contributed by atoms with Crippen molar-refractivity contribution in [3.05, 3.63) is 0 Å². The van der Waals surface area contributed by atoms with Crippen molar-refractivity contribution in [2.24, 2.45) is 5.92 Å². The van der Waals surface area contributed by atoms with Gasteiger partial charge in [-0.15, -0.1) is 0 Å². The van der Waals surface area contributed by atoms with Crippen molar-refractivity contribution >= 4 is 5.97 Å². The molecule has 0 aromatic heterocycles. The topological polar surface area (TPSA) is 58.6 Å². The largest absolute Gasteiger partial charge is 0.466 e. The standard InChI is InChI=1S/C21H43NO3/c1-20(2)14-9-5-4-8-12-19-25-21(24)15-10-6-3-7-11-16-22-17-13-18-23/h20,22-23H,3-19H2,1-2H3. The molecule has 0 fully saturated rings. The molecule has 0 amide bonds. The van der Waals surface area contributed by atoms with Crippen LogP contribution >= 0.6 is 0 Å². The summed E-state index contributed by atoms with van der Waals surface area (Å²) < 4.78 is 5.30. The van der Waals surface area contributed by atoms with Crippen molar-refractivity contribution < 1.29 is 14.6 Å². The third-order valence-electron chi connectivity index (χ3n) is 4.43. The van der Waals surface area contributed by atoms with Crippen LogP contribution in [0, 0.1) is 5.92 Å². The molecule has 0 saturated heterocycles. The minimum atomic E-state index is -0.0227. The van der Waals surface area contributed by atoms with Crippen LogP contribution in [-0.4, -0.2) is 37.4 Å². The molecule has 0 spiro atoms. The van der Waals surface area contributed by atoms with Crippen molar-refractivity contribution in [3.63, 3.8) is 0 Å². The van der Waals surface area contributed by atoms with Gasteiger partial charge in [0.25, 0.3) is 0 Å². The van der Waals surface area contributed by atoms with Crippen LogP contribution in [0.15, 0.2) is 0 Å². The molecule has 0 aliphatic heterocycles. The van der Waals surface area contributed by atoms with Gasteiger partial charge in [0.15, 0.2) is 0 Å². The maximum absolute atomic E-state index is 11.6. The molecule has 4 nitrogen and oxygen atoms in total. The van der Waals surface area contributed by atoms with E-state index in [-0.39, 0.29) is 12.6 Å². The van der Waals surface area contributed by atoms with Gasteiger partial charge in [-0.25, -0.2) is 0 Å². The van der Waals surface area contributed by atoms with E-state index in [1.54, 1.807) is 0 Å². The number of hydrogen-bond acceptors (Lipinski definition) is 4. The summed E-state index contributed by atoms with van der Waals surface area (Å²) >= 11 is 0. The maximum Gasteiger partial charge on any atom is 0.305 e. The summed E-state index contributed by atoms with van der Waals surface area (Å²) in [5, 5.41) is 12.0. The highest BCUT2D eigenvalue weighted by Crippen LogP contribution is 2.11. The Balaban J connectivity index is 3.16. The molecule has 0 aromatic carbocycles. The monoisotopic (exact) mass is 357 g/mol. The fraction of sp³-hybridized carbons (Fsp3) is 0.952. The van der Waals surface area contributed by atoms with Crippen molar-refractivity contribution in [1.82, 2.24) is 5.32 Å². The Bertz CT molecular complexity index is 282. The number of nitrogens with one attached hydrogen (secondary N) is 1. The molecule has 0 bridgehead atoms. The van der Waals surface area contributed by atoms with E-state index in [0.717, 1.165) is 44.7 Å². The van der Waals surface area contributed by atoms with E-state index in [1.165, 1.54) is 51.4 Å². The number of unbranched alkanes of at least 4 members (excludes halogenated alkanes) is 8. The van der Waals surface area contributed by atoms with Crippen LogP contribution in [0.3, 0.4) is 0 Å². The van der Waals surface area contributed by atoms with Crippen LogP contribution in [0.1, 0.15) is 97.3 Å². The van der Waals surface area contributed by atoms with Crippen molar-refractivity contribution in [2.75, 3.05) is 26.3 Å². The number of carbonyl (C=O) groups excluding carboxylic acids is 1. The Morgan fingerprint density at radius 3 is 2.16 bits per heavy atom. The lowest BCUT2D eigenvalue weighted by Crippen LogP contribution is -2.17. The second-order valence-corrected chi connectivity index (χ2v) is 7.52. The molecule has 25 heavy (non-hydrogen) atoms. The second kappa shape index (κ2) is 19.7. The number of aliphatic hydroxyl groups is 1. The van der Waals surface area contributed by atoms with E-state index in [4.69, 9.17) is 9.84 Å². The molecule has 4 heteroatoms. The Labute approximate surface area is 156 Å². The lowest BCUT2D eigenvalue weighted by molar-refractivity contribution is -0.143. The minimum Gasteiger partial charge on any atom is -0.466 e. The summed E-state index contributed by atoms with van der Waals surface area (Å²) in [6, 6.07) is 0. The number of ether oxygens (including phenoxy) is 1. The Morgan fingerprint density at radius 2 is 1.44 bits per heavy atom. The van der Waals surface area contributed by atoms with Gasteiger partial charge < -0.3 is 15.2 Å². The smallest absolute Gasteiger partial charge is 0.305 e. The third kappa shape index (κ3) is 21.3. The van der Waals surface area contributed by atoms with Gasteiger partial charge >= 0.3 is 5.97 Å². The zero-order valence-electron chi connectivity index (χ0n) is 16.9. The zero-order chi connectivity index (χ0) is 18.6. The molecular formula is C21H43NO3. The molecule has 0 heterocycles. The lowest BCUT2D eigenvalue weighted by Gasteiger charge is -2.06. The van der Waals surface area contributed by atoms with E-state index in [1.807, 2.05) is 0 Å². The molecule has 0 saturated carbocycles. The van der Waals surface area contributed by atoms with Crippen molar-refractivity contribution in [3.8, 4) is 0 Å². The lowest BCUT2D eigenvalue weighted by atomic mass is 10.0. The summed E-state index contributed by atoms with van der Waals surface area (Å²) in [6.07, 6.45) is 14.5. The van der Waals surface area contributed by atoms with Crippen LogP contribution in [0.2, 0.25) is 0 Å². The number of aliphatic hydroxyl groups excluding tert-OH is 1. The molecule has 0 radical (unpaired) electrons. The molecule has 0 aliphatic rings. The van der Waals surface area contributed by atoms with Gasteiger partial charge in [0.2, 0.25) is 0 Å². The van der Waals surface area contributed by atoms with Gasteiger partial charge in [0, 0.05) is 13.0 Å². The molecule has 0 aromatic rings. The summed E-state index contributed by atoms with van der Waals surface area (Å²) in [5.74, 6) is 0.792. The van der Waals surface area contributed by atoms with Crippen LogP contribution in [0.25, 0.3) is 0 Å². The molecule has 0 rings (SSSR count). The Kier molecular flexibility index (Phi) is 19.2. The molecule has 2 N–H and O–H groups in total. The predicted molar refractivity (Wildman–Crippen MR) is 106 cm³/mol. The first-order chi connectivity index (χ1) is 12.2. The molecule has 0 unspecified atom stereocenters. The Morgan fingerprint density at radius 1 is 0.840 bits per heavy atom. The fourth-order valence-electron chi connectivity index (χ4n) is 2.82. The first-order valence-corrected chi connectivity index (χ1v) is 10.6. The van der Waals surface area contributed by atoms with Crippen molar-refractivity contribution in [1.29, 1.82) is 0 Å². The average molecular weight is 358 g/mol. The molecular weight excluding hydrogens is 314 g/mol. The molecule has 0 atom stereocenters. The third-order valence-corrected chi connectivity index (χ3v) is 4.43. The molecule has 0 aliphatic carbocycles. The van der Waals surface area contributed by atoms with E-state index in [9.17, 15) is 4.79 Å². The quantitative estimate of drug-likeness (QED) is 0.256. The molecule has 150 valence electrons. The number of esters is 1. The summed E-state index contributed by atoms with van der Waals surface area (Å²) in [7, 11) is 0. The normalized spacial score (nSPS) is 11.2. The number of carbonyl (C=O) groups is 1.